The van der Waals surface area contributed by atoms with Crippen LogP contribution in [0.2, 0.25) is 0 Å². The second-order valence-electron chi connectivity index (χ2n) is 6.25. The zero-order valence-corrected chi connectivity index (χ0v) is 15.4. The fourth-order valence-electron chi connectivity index (χ4n) is 2.64. The Morgan fingerprint density at radius 1 is 1.08 bits per heavy atom. The molecule has 0 saturated heterocycles. The maximum atomic E-state index is 11.7. The highest BCUT2D eigenvalue weighted by molar-refractivity contribution is 5.79. The highest BCUT2D eigenvalue weighted by Gasteiger charge is 2.18. The van der Waals surface area contributed by atoms with E-state index in [1.807, 2.05) is 0 Å². The number of nitrogens with zero attached hydrogens (tertiary/aromatic N) is 1. The second kappa shape index (κ2) is 14.1. The molecule has 1 saturated carbocycles. The van der Waals surface area contributed by atoms with Gasteiger partial charge in [-0.1, -0.05) is 13.3 Å². The summed E-state index contributed by atoms with van der Waals surface area (Å²) in [5.74, 6) is 0.698. The molecule has 1 rings (SSSR count). The van der Waals surface area contributed by atoms with Crippen molar-refractivity contribution in [3.05, 3.63) is 0 Å². The molecule has 6 nitrogen and oxygen atoms in total. The minimum absolute atomic E-state index is 0.0733. The molecule has 1 fully saturated rings. The van der Waals surface area contributed by atoms with E-state index in [1.54, 1.807) is 7.05 Å². The van der Waals surface area contributed by atoms with Crippen molar-refractivity contribution in [1.29, 1.82) is 0 Å². The zero-order chi connectivity index (χ0) is 17.5. The van der Waals surface area contributed by atoms with Crippen LogP contribution in [-0.4, -0.2) is 51.4 Å². The van der Waals surface area contributed by atoms with Gasteiger partial charge in [0.25, 0.3) is 0 Å². The third-order valence-corrected chi connectivity index (χ3v) is 4.07. The normalized spacial score (nSPS) is 15.5. The quantitative estimate of drug-likeness (QED) is 0.247. The van der Waals surface area contributed by atoms with Crippen LogP contribution in [-0.2, 0) is 14.3 Å². The van der Waals surface area contributed by atoms with Gasteiger partial charge in [0, 0.05) is 39.8 Å². The Hall–Kier alpha value is -1.30. The van der Waals surface area contributed by atoms with Crippen LogP contribution in [0.25, 0.3) is 0 Å². The number of unbranched alkanes of at least 4 members (excludes halogenated alkanes) is 1. The van der Waals surface area contributed by atoms with Crippen LogP contribution in [0.4, 0.5) is 0 Å². The molecular weight excluding hydrogens is 306 g/mol. The molecule has 140 valence electrons. The first-order valence-electron chi connectivity index (χ1n) is 9.48. The molecule has 0 aliphatic heterocycles. The summed E-state index contributed by atoms with van der Waals surface area (Å²) in [7, 11) is 1.75. The molecule has 24 heavy (non-hydrogen) atoms. The van der Waals surface area contributed by atoms with Gasteiger partial charge in [-0.2, -0.15) is 0 Å². The number of hydrogen-bond acceptors (Lipinski definition) is 4. The molecule has 6 heteroatoms. The van der Waals surface area contributed by atoms with E-state index in [1.165, 1.54) is 19.3 Å². The third kappa shape index (κ3) is 10.5. The summed E-state index contributed by atoms with van der Waals surface area (Å²) < 4.78 is 11.0. The van der Waals surface area contributed by atoms with Crippen molar-refractivity contribution in [2.24, 2.45) is 4.99 Å². The van der Waals surface area contributed by atoms with Crippen LogP contribution in [0.5, 0.6) is 0 Å². The lowest BCUT2D eigenvalue weighted by Crippen LogP contribution is -2.38. The number of carbonyl (C=O) groups excluding carboxylic acids is 1. The van der Waals surface area contributed by atoms with Crippen molar-refractivity contribution in [3.63, 3.8) is 0 Å². The SMILES string of the molecule is CCCCOCCCNC(=NC)NCCCC(=O)OC1CCCC1. The highest BCUT2D eigenvalue weighted by atomic mass is 16.5. The predicted octanol–water partition coefficient (Wildman–Crippen LogP) is 2.62. The van der Waals surface area contributed by atoms with E-state index in [2.05, 4.69) is 22.5 Å². The molecule has 0 atom stereocenters. The summed E-state index contributed by atoms with van der Waals surface area (Å²) in [5, 5.41) is 6.47. The van der Waals surface area contributed by atoms with Gasteiger partial charge in [0.05, 0.1) is 0 Å². The van der Waals surface area contributed by atoms with Gasteiger partial charge in [0.2, 0.25) is 0 Å². The van der Waals surface area contributed by atoms with Gasteiger partial charge in [0.15, 0.2) is 5.96 Å². The Morgan fingerprint density at radius 3 is 2.42 bits per heavy atom. The molecule has 1 aliphatic carbocycles. The lowest BCUT2D eigenvalue weighted by Gasteiger charge is -2.13. The van der Waals surface area contributed by atoms with Crippen LogP contribution >= 0.6 is 0 Å². The number of guanidine groups is 1. The molecule has 2 N–H and O–H groups in total. The number of esters is 1. The minimum atomic E-state index is -0.0733. The molecule has 0 aromatic carbocycles. The molecule has 0 unspecified atom stereocenters. The smallest absolute Gasteiger partial charge is 0.306 e. The molecule has 0 aromatic heterocycles. The number of nitrogens with one attached hydrogen (secondary N) is 2. The second-order valence-corrected chi connectivity index (χ2v) is 6.25. The minimum Gasteiger partial charge on any atom is -0.462 e. The maximum absolute atomic E-state index is 11.7. The average molecular weight is 341 g/mol. The first kappa shape index (κ1) is 20.7. The van der Waals surface area contributed by atoms with Crippen molar-refractivity contribution in [2.75, 3.05) is 33.4 Å². The van der Waals surface area contributed by atoms with Crippen molar-refractivity contribution >= 4 is 11.9 Å². The van der Waals surface area contributed by atoms with Crippen LogP contribution < -0.4 is 10.6 Å². The van der Waals surface area contributed by atoms with Crippen LogP contribution in [0.1, 0.15) is 64.7 Å². The highest BCUT2D eigenvalue weighted by Crippen LogP contribution is 2.21. The van der Waals surface area contributed by atoms with Crippen molar-refractivity contribution < 1.29 is 14.3 Å². The zero-order valence-electron chi connectivity index (χ0n) is 15.4. The summed E-state index contributed by atoms with van der Waals surface area (Å²) in [4.78, 5) is 15.9. The topological polar surface area (TPSA) is 72.0 Å². The van der Waals surface area contributed by atoms with Gasteiger partial charge < -0.3 is 20.1 Å². The molecule has 0 aromatic rings. The number of hydrogen-bond donors (Lipinski definition) is 2. The van der Waals surface area contributed by atoms with E-state index < -0.39 is 0 Å². The van der Waals surface area contributed by atoms with Gasteiger partial charge in [0.1, 0.15) is 6.10 Å². The van der Waals surface area contributed by atoms with Crippen LogP contribution in [0.15, 0.2) is 4.99 Å². The van der Waals surface area contributed by atoms with Crippen LogP contribution in [0.3, 0.4) is 0 Å². The number of aliphatic imine (C=N–C) groups is 1. The summed E-state index contributed by atoms with van der Waals surface area (Å²) in [6.45, 7) is 5.33. The van der Waals surface area contributed by atoms with E-state index in [9.17, 15) is 4.79 Å². The molecule has 1 aliphatic rings. The van der Waals surface area contributed by atoms with Gasteiger partial charge in [-0.05, 0) is 44.9 Å². The number of rotatable bonds is 12. The largest absolute Gasteiger partial charge is 0.462 e. The first-order valence-corrected chi connectivity index (χ1v) is 9.48. The maximum Gasteiger partial charge on any atom is 0.306 e. The molecular formula is C18H35N3O3. The Bertz CT molecular complexity index is 355. The lowest BCUT2D eigenvalue weighted by atomic mass is 10.3. The van der Waals surface area contributed by atoms with Crippen molar-refractivity contribution in [1.82, 2.24) is 10.6 Å². The standard InChI is InChI=1S/C18H35N3O3/c1-3-4-14-23-15-8-13-21-18(19-2)20-12-7-11-17(22)24-16-9-5-6-10-16/h16H,3-15H2,1-2H3,(H2,19,20,21). The lowest BCUT2D eigenvalue weighted by molar-refractivity contribution is -0.148. The van der Waals surface area contributed by atoms with E-state index >= 15 is 0 Å². The summed E-state index contributed by atoms with van der Waals surface area (Å²) >= 11 is 0. The first-order chi connectivity index (χ1) is 11.8. The predicted molar refractivity (Wildman–Crippen MR) is 97.3 cm³/mol. The molecule has 0 spiro atoms. The fourth-order valence-corrected chi connectivity index (χ4v) is 2.64. The number of ether oxygens (including phenoxy) is 2. The van der Waals surface area contributed by atoms with E-state index in [-0.39, 0.29) is 12.1 Å². The molecule has 0 bridgehead atoms. The van der Waals surface area contributed by atoms with E-state index in [4.69, 9.17) is 9.47 Å². The van der Waals surface area contributed by atoms with Gasteiger partial charge in [-0.15, -0.1) is 0 Å². The van der Waals surface area contributed by atoms with Crippen LogP contribution in [0, 0.1) is 0 Å². The van der Waals surface area contributed by atoms with Gasteiger partial charge >= 0.3 is 5.97 Å². The van der Waals surface area contributed by atoms with Gasteiger partial charge in [-0.3, -0.25) is 9.79 Å². The molecule has 0 heterocycles. The third-order valence-electron chi connectivity index (χ3n) is 4.07. The summed E-state index contributed by atoms with van der Waals surface area (Å²) in [6.07, 6.45) is 9.07. The fraction of sp³-hybridized carbons (Fsp3) is 0.889. The van der Waals surface area contributed by atoms with Gasteiger partial charge in [-0.25, -0.2) is 0 Å². The number of carbonyl (C=O) groups is 1. The van der Waals surface area contributed by atoms with Crippen molar-refractivity contribution in [3.8, 4) is 0 Å². The summed E-state index contributed by atoms with van der Waals surface area (Å²) in [6, 6.07) is 0. The monoisotopic (exact) mass is 341 g/mol. The van der Waals surface area contributed by atoms with E-state index in [0.717, 1.165) is 57.8 Å². The van der Waals surface area contributed by atoms with E-state index in [0.29, 0.717) is 13.0 Å². The Kier molecular flexibility index (Phi) is 12.2. The van der Waals surface area contributed by atoms with Crippen molar-refractivity contribution in [2.45, 2.75) is 70.8 Å². The molecule has 0 radical (unpaired) electrons. The Labute approximate surface area is 146 Å². The molecule has 0 amide bonds. The average Bonchev–Trinajstić information content (AvgIpc) is 3.08. The Morgan fingerprint density at radius 2 is 1.75 bits per heavy atom. The Balaban J connectivity index is 1.96. The summed E-state index contributed by atoms with van der Waals surface area (Å²) in [5.41, 5.74) is 0.